The first-order valence-electron chi connectivity index (χ1n) is 4.41. The number of aromatic carboxylic acids is 1. The Hall–Kier alpha value is -2.01. The summed E-state index contributed by atoms with van der Waals surface area (Å²) in [6.07, 6.45) is 1.36. The zero-order valence-electron chi connectivity index (χ0n) is 8.09. The lowest BCUT2D eigenvalue weighted by Gasteiger charge is -2.04. The Bertz CT molecular complexity index is 533. The second kappa shape index (κ2) is 3.86. The van der Waals surface area contributed by atoms with Crippen LogP contribution in [0.25, 0.3) is 5.69 Å². The van der Waals surface area contributed by atoms with E-state index < -0.39 is 5.97 Å². The van der Waals surface area contributed by atoms with Crippen molar-refractivity contribution >= 4 is 23.4 Å². The molecule has 0 aliphatic carbocycles. The van der Waals surface area contributed by atoms with Crippen LogP contribution in [0, 0.1) is 0 Å². The lowest BCUT2D eigenvalue weighted by Crippen LogP contribution is -2.05. The van der Waals surface area contributed by atoms with E-state index in [1.807, 2.05) is 0 Å². The van der Waals surface area contributed by atoms with E-state index in [-0.39, 0.29) is 11.5 Å². The zero-order chi connectivity index (χ0) is 11.7. The second-order valence-electron chi connectivity index (χ2n) is 3.13. The largest absolute Gasteiger partial charge is 0.476 e. The van der Waals surface area contributed by atoms with Crippen LogP contribution in [0.5, 0.6) is 0 Å². The maximum Gasteiger partial charge on any atom is 0.358 e. The van der Waals surface area contributed by atoms with Crippen molar-refractivity contribution in [2.24, 2.45) is 0 Å². The number of rotatable bonds is 2. The molecule has 0 saturated heterocycles. The molecule has 0 aliphatic heterocycles. The van der Waals surface area contributed by atoms with Gasteiger partial charge >= 0.3 is 5.97 Å². The number of nitrogen functional groups attached to an aromatic ring is 1. The van der Waals surface area contributed by atoms with E-state index in [1.165, 1.54) is 10.9 Å². The fraction of sp³-hybridized carbons (Fsp3) is 0. The van der Waals surface area contributed by atoms with Gasteiger partial charge in [0.05, 0.1) is 0 Å². The van der Waals surface area contributed by atoms with Gasteiger partial charge in [0.25, 0.3) is 0 Å². The van der Waals surface area contributed by atoms with Crippen LogP contribution in [-0.4, -0.2) is 20.6 Å². The molecule has 0 aliphatic rings. The molecule has 5 nitrogen and oxygen atoms in total. The van der Waals surface area contributed by atoms with E-state index >= 15 is 0 Å². The minimum atomic E-state index is -1.15. The van der Waals surface area contributed by atoms with Crippen molar-refractivity contribution < 1.29 is 9.90 Å². The van der Waals surface area contributed by atoms with Crippen LogP contribution in [0.15, 0.2) is 30.6 Å². The predicted molar refractivity (Wildman–Crippen MR) is 59.9 cm³/mol. The maximum absolute atomic E-state index is 10.7. The van der Waals surface area contributed by atoms with Crippen molar-refractivity contribution in [3.63, 3.8) is 0 Å². The molecule has 82 valence electrons. The lowest BCUT2D eigenvalue weighted by atomic mass is 10.3. The fourth-order valence-corrected chi connectivity index (χ4v) is 1.46. The number of hydrogen-bond donors (Lipinski definition) is 2. The Morgan fingerprint density at radius 2 is 2.00 bits per heavy atom. The molecule has 16 heavy (non-hydrogen) atoms. The van der Waals surface area contributed by atoms with Crippen LogP contribution >= 0.6 is 11.6 Å². The highest BCUT2D eigenvalue weighted by molar-refractivity contribution is 6.30. The van der Waals surface area contributed by atoms with Crippen molar-refractivity contribution in [3.8, 4) is 5.69 Å². The van der Waals surface area contributed by atoms with E-state index in [0.717, 1.165) is 0 Å². The number of imidazole rings is 1. The third-order valence-corrected chi connectivity index (χ3v) is 2.36. The van der Waals surface area contributed by atoms with Gasteiger partial charge < -0.3 is 10.8 Å². The molecule has 0 amide bonds. The highest BCUT2D eigenvalue weighted by Gasteiger charge is 2.14. The molecule has 0 saturated carbocycles. The molecule has 2 rings (SSSR count). The molecule has 0 radical (unpaired) electrons. The molecule has 0 spiro atoms. The van der Waals surface area contributed by atoms with E-state index in [0.29, 0.717) is 10.7 Å². The number of carboxylic acid groups (broad SMARTS) is 1. The first-order valence-corrected chi connectivity index (χ1v) is 4.79. The van der Waals surface area contributed by atoms with Crippen molar-refractivity contribution in [1.29, 1.82) is 0 Å². The summed E-state index contributed by atoms with van der Waals surface area (Å²) in [5.41, 5.74) is 6.21. The Kier molecular flexibility index (Phi) is 2.54. The van der Waals surface area contributed by atoms with Gasteiger partial charge in [0.1, 0.15) is 12.1 Å². The summed E-state index contributed by atoms with van der Waals surface area (Å²) in [6, 6.07) is 6.84. The van der Waals surface area contributed by atoms with Gasteiger partial charge in [0.15, 0.2) is 5.69 Å². The number of anilines is 1. The van der Waals surface area contributed by atoms with E-state index in [1.54, 1.807) is 24.3 Å². The molecule has 0 unspecified atom stereocenters. The third-order valence-electron chi connectivity index (χ3n) is 2.11. The zero-order valence-corrected chi connectivity index (χ0v) is 8.85. The number of halogens is 1. The van der Waals surface area contributed by atoms with Crippen LogP contribution < -0.4 is 5.73 Å². The van der Waals surface area contributed by atoms with Gasteiger partial charge in [-0.2, -0.15) is 0 Å². The third kappa shape index (κ3) is 1.72. The van der Waals surface area contributed by atoms with Crippen LogP contribution in [0.2, 0.25) is 5.02 Å². The van der Waals surface area contributed by atoms with Crippen LogP contribution in [0.1, 0.15) is 10.5 Å². The van der Waals surface area contributed by atoms with E-state index in [4.69, 9.17) is 22.4 Å². The summed E-state index contributed by atoms with van der Waals surface area (Å²) in [5.74, 6) is -1.06. The molecule has 1 aromatic heterocycles. The molecule has 1 aromatic carbocycles. The van der Waals surface area contributed by atoms with E-state index in [2.05, 4.69) is 4.98 Å². The standard InChI is InChI=1S/C10H8ClN3O2/c11-6-1-3-7(4-2-6)14-5-13-8(9(14)12)10(15)16/h1-5H,12H2,(H,15,16). The highest BCUT2D eigenvalue weighted by Crippen LogP contribution is 2.18. The number of aromatic nitrogens is 2. The van der Waals surface area contributed by atoms with Gasteiger partial charge in [-0.25, -0.2) is 9.78 Å². The normalized spacial score (nSPS) is 10.3. The predicted octanol–water partition coefficient (Wildman–Crippen LogP) is 1.81. The number of carbonyl (C=O) groups is 1. The fourth-order valence-electron chi connectivity index (χ4n) is 1.33. The monoisotopic (exact) mass is 237 g/mol. The average molecular weight is 238 g/mol. The average Bonchev–Trinajstić information content (AvgIpc) is 2.61. The summed E-state index contributed by atoms with van der Waals surface area (Å²) in [4.78, 5) is 14.5. The highest BCUT2D eigenvalue weighted by atomic mass is 35.5. The van der Waals surface area contributed by atoms with Crippen molar-refractivity contribution in [1.82, 2.24) is 9.55 Å². The van der Waals surface area contributed by atoms with Crippen LogP contribution in [0.4, 0.5) is 5.82 Å². The van der Waals surface area contributed by atoms with Crippen LogP contribution in [0.3, 0.4) is 0 Å². The first-order chi connectivity index (χ1) is 7.59. The van der Waals surface area contributed by atoms with Crippen LogP contribution in [-0.2, 0) is 0 Å². The summed E-state index contributed by atoms with van der Waals surface area (Å²) < 4.78 is 1.49. The van der Waals surface area contributed by atoms with Crippen molar-refractivity contribution in [3.05, 3.63) is 41.3 Å². The number of carboxylic acids is 1. The second-order valence-corrected chi connectivity index (χ2v) is 3.57. The Morgan fingerprint density at radius 1 is 1.38 bits per heavy atom. The topological polar surface area (TPSA) is 81.1 Å². The molecule has 0 fully saturated rings. The van der Waals surface area contributed by atoms with Gasteiger partial charge in [0.2, 0.25) is 0 Å². The summed E-state index contributed by atoms with van der Waals surface area (Å²) in [6.45, 7) is 0. The smallest absolute Gasteiger partial charge is 0.358 e. The lowest BCUT2D eigenvalue weighted by molar-refractivity contribution is 0.0692. The number of nitrogens with zero attached hydrogens (tertiary/aromatic N) is 2. The quantitative estimate of drug-likeness (QED) is 0.835. The van der Waals surface area contributed by atoms with Crippen molar-refractivity contribution in [2.75, 3.05) is 5.73 Å². The minimum absolute atomic E-state index is 0.0924. The molecule has 3 N–H and O–H groups in total. The molecular weight excluding hydrogens is 230 g/mol. The summed E-state index contributed by atoms with van der Waals surface area (Å²) in [5, 5.41) is 9.39. The summed E-state index contributed by atoms with van der Waals surface area (Å²) >= 11 is 5.74. The van der Waals surface area contributed by atoms with Gasteiger partial charge in [-0.05, 0) is 24.3 Å². The van der Waals surface area contributed by atoms with Gasteiger partial charge in [-0.1, -0.05) is 11.6 Å². The SMILES string of the molecule is Nc1c(C(=O)O)ncn1-c1ccc(Cl)cc1. The number of hydrogen-bond acceptors (Lipinski definition) is 3. The molecule has 6 heteroatoms. The Labute approximate surface area is 96.1 Å². The molecular formula is C10H8ClN3O2. The van der Waals surface area contributed by atoms with Gasteiger partial charge in [-0.3, -0.25) is 4.57 Å². The summed E-state index contributed by atoms with van der Waals surface area (Å²) in [7, 11) is 0. The molecule has 0 bridgehead atoms. The number of nitrogens with two attached hydrogens (primary N) is 1. The first kappa shape index (κ1) is 10.5. The van der Waals surface area contributed by atoms with Gasteiger partial charge in [0, 0.05) is 10.7 Å². The Morgan fingerprint density at radius 3 is 2.50 bits per heavy atom. The molecule has 1 heterocycles. The minimum Gasteiger partial charge on any atom is -0.476 e. The van der Waals surface area contributed by atoms with Gasteiger partial charge in [-0.15, -0.1) is 0 Å². The number of benzene rings is 1. The maximum atomic E-state index is 10.7. The van der Waals surface area contributed by atoms with E-state index in [9.17, 15) is 4.79 Å². The molecule has 2 aromatic rings. The van der Waals surface area contributed by atoms with Crippen molar-refractivity contribution in [2.45, 2.75) is 0 Å². The Balaban J connectivity index is 2.49. The molecule has 0 atom stereocenters.